The van der Waals surface area contributed by atoms with Gasteiger partial charge in [0.2, 0.25) is 0 Å². The molecule has 5 rings (SSSR count). The maximum Gasteiger partial charge on any atom is 0.251 e. The van der Waals surface area contributed by atoms with Gasteiger partial charge in [-0.1, -0.05) is 42.5 Å². The highest BCUT2D eigenvalue weighted by Gasteiger charge is 2.42. The van der Waals surface area contributed by atoms with Gasteiger partial charge in [-0.15, -0.1) is 0 Å². The van der Waals surface area contributed by atoms with E-state index in [9.17, 15) is 4.79 Å². The minimum Gasteiger partial charge on any atom is -0.375 e. The second-order valence-corrected chi connectivity index (χ2v) is 8.17. The largest absolute Gasteiger partial charge is 0.375 e. The van der Waals surface area contributed by atoms with Crippen molar-refractivity contribution in [3.8, 4) is 11.1 Å². The summed E-state index contributed by atoms with van der Waals surface area (Å²) in [7, 11) is 0. The van der Waals surface area contributed by atoms with E-state index < -0.39 is 0 Å². The molecule has 4 heteroatoms. The summed E-state index contributed by atoms with van der Waals surface area (Å²) in [5, 5.41) is 3.23. The monoisotopic (exact) mass is 362 g/mol. The van der Waals surface area contributed by atoms with Crippen LogP contribution in [0.15, 0.2) is 54.6 Å². The molecule has 0 aromatic heterocycles. The number of rotatable bonds is 4. The van der Waals surface area contributed by atoms with Crippen molar-refractivity contribution in [2.75, 3.05) is 19.7 Å². The Hall–Kier alpha value is -2.17. The summed E-state index contributed by atoms with van der Waals surface area (Å²) < 4.78 is 6.05. The first-order chi connectivity index (χ1) is 13.3. The average Bonchev–Trinajstić information content (AvgIpc) is 3.49. The molecule has 2 aliphatic heterocycles. The van der Waals surface area contributed by atoms with E-state index in [2.05, 4.69) is 22.3 Å². The van der Waals surface area contributed by atoms with Gasteiger partial charge in [0.1, 0.15) is 0 Å². The molecule has 0 bridgehead atoms. The number of fused-ring (bicyclic) bond motifs is 1. The Bertz CT molecular complexity index is 801. The van der Waals surface area contributed by atoms with Crippen LogP contribution in [0, 0.1) is 5.92 Å². The fraction of sp³-hybridized carbons (Fsp3) is 0.435. The maximum atomic E-state index is 12.7. The highest BCUT2D eigenvalue weighted by molar-refractivity contribution is 5.94. The summed E-state index contributed by atoms with van der Waals surface area (Å²) in [6, 6.07) is 18.8. The number of hydrogen-bond acceptors (Lipinski definition) is 3. The van der Waals surface area contributed by atoms with Gasteiger partial charge in [0.05, 0.1) is 12.7 Å². The molecule has 0 unspecified atom stereocenters. The fourth-order valence-electron chi connectivity index (χ4n) is 4.47. The van der Waals surface area contributed by atoms with Crippen LogP contribution in [0.3, 0.4) is 0 Å². The maximum absolute atomic E-state index is 12.7. The molecule has 140 valence electrons. The predicted octanol–water partition coefficient (Wildman–Crippen LogP) is 3.34. The lowest BCUT2D eigenvalue weighted by molar-refractivity contribution is -0.0581. The first-order valence-electron chi connectivity index (χ1n) is 10.1. The van der Waals surface area contributed by atoms with Crippen molar-refractivity contribution < 1.29 is 9.53 Å². The summed E-state index contributed by atoms with van der Waals surface area (Å²) in [5.41, 5.74) is 3.03. The van der Waals surface area contributed by atoms with Crippen LogP contribution in [0.25, 0.3) is 11.1 Å². The molecule has 1 amide bonds. The van der Waals surface area contributed by atoms with E-state index in [0.29, 0.717) is 12.1 Å². The molecule has 4 nitrogen and oxygen atoms in total. The van der Waals surface area contributed by atoms with Gasteiger partial charge in [0.25, 0.3) is 5.91 Å². The van der Waals surface area contributed by atoms with Crippen molar-refractivity contribution in [1.82, 2.24) is 10.2 Å². The second kappa shape index (κ2) is 7.10. The fourth-order valence-corrected chi connectivity index (χ4v) is 4.47. The molecule has 0 radical (unpaired) electrons. The van der Waals surface area contributed by atoms with E-state index >= 15 is 0 Å². The standard InChI is InChI=1S/C23H26N2O2/c26-23(19-10-6-17(7-11-19)16-4-2-1-3-5-16)24-20-12-21-15-27-22(18-8-9-18)14-25(21)13-20/h1-7,10-11,18,20-22H,8-9,12-15H2,(H,24,26)/t20-,21+,22-/m1/s1. The number of carbonyl (C=O) groups is 1. The molecular weight excluding hydrogens is 336 g/mol. The van der Waals surface area contributed by atoms with E-state index in [-0.39, 0.29) is 11.9 Å². The van der Waals surface area contributed by atoms with Gasteiger partial charge in [-0.05, 0) is 48.4 Å². The van der Waals surface area contributed by atoms with Crippen LogP contribution in [0.1, 0.15) is 29.6 Å². The van der Waals surface area contributed by atoms with Crippen molar-refractivity contribution in [3.05, 3.63) is 60.2 Å². The first-order valence-corrected chi connectivity index (χ1v) is 10.1. The lowest BCUT2D eigenvalue weighted by atomic mass is 10.0. The molecule has 27 heavy (non-hydrogen) atoms. The Morgan fingerprint density at radius 2 is 1.70 bits per heavy atom. The summed E-state index contributed by atoms with van der Waals surface area (Å²) >= 11 is 0. The van der Waals surface area contributed by atoms with Crippen molar-refractivity contribution in [2.45, 2.75) is 37.5 Å². The summed E-state index contributed by atoms with van der Waals surface area (Å²) in [6.45, 7) is 2.80. The molecular formula is C23H26N2O2. The molecule has 3 fully saturated rings. The first kappa shape index (κ1) is 17.0. The molecule has 2 aromatic rings. The van der Waals surface area contributed by atoms with Crippen LogP contribution in [0.5, 0.6) is 0 Å². The molecule has 1 saturated carbocycles. The Labute approximate surface area is 160 Å². The third-order valence-electron chi connectivity index (χ3n) is 6.18. The smallest absolute Gasteiger partial charge is 0.251 e. The van der Waals surface area contributed by atoms with Gasteiger partial charge in [-0.3, -0.25) is 9.69 Å². The Morgan fingerprint density at radius 1 is 0.963 bits per heavy atom. The van der Waals surface area contributed by atoms with Crippen LogP contribution < -0.4 is 5.32 Å². The number of hydrogen-bond donors (Lipinski definition) is 1. The molecule has 1 aliphatic carbocycles. The van der Waals surface area contributed by atoms with Gasteiger partial charge in [0, 0.05) is 30.7 Å². The van der Waals surface area contributed by atoms with Crippen LogP contribution in [0.4, 0.5) is 0 Å². The third kappa shape index (κ3) is 3.64. The molecule has 0 spiro atoms. The number of carbonyl (C=O) groups excluding carboxylic acids is 1. The lowest BCUT2D eigenvalue weighted by Gasteiger charge is -2.35. The van der Waals surface area contributed by atoms with E-state index in [1.165, 1.54) is 18.4 Å². The van der Waals surface area contributed by atoms with E-state index in [0.717, 1.165) is 43.2 Å². The normalized spacial score (nSPS) is 27.9. The number of amides is 1. The number of nitrogens with one attached hydrogen (secondary N) is 1. The van der Waals surface area contributed by atoms with Crippen LogP contribution in [-0.4, -0.2) is 48.7 Å². The SMILES string of the molecule is O=C(N[C@@H]1C[C@H]2CO[C@@H](C3CC3)CN2C1)c1ccc(-c2ccccc2)cc1. The van der Waals surface area contributed by atoms with E-state index in [1.54, 1.807) is 0 Å². The number of ether oxygens (including phenoxy) is 1. The van der Waals surface area contributed by atoms with Crippen molar-refractivity contribution in [2.24, 2.45) is 5.92 Å². The van der Waals surface area contributed by atoms with Crippen LogP contribution >= 0.6 is 0 Å². The average molecular weight is 362 g/mol. The molecule has 1 N–H and O–H groups in total. The van der Waals surface area contributed by atoms with E-state index in [4.69, 9.17) is 4.74 Å². The van der Waals surface area contributed by atoms with Crippen molar-refractivity contribution in [1.29, 1.82) is 0 Å². The van der Waals surface area contributed by atoms with Gasteiger partial charge < -0.3 is 10.1 Å². The zero-order valence-corrected chi connectivity index (χ0v) is 15.5. The summed E-state index contributed by atoms with van der Waals surface area (Å²) in [5.74, 6) is 0.807. The highest BCUT2D eigenvalue weighted by atomic mass is 16.5. The minimum atomic E-state index is 0.0270. The van der Waals surface area contributed by atoms with Gasteiger partial charge in [-0.25, -0.2) is 0 Å². The number of morpholine rings is 1. The predicted molar refractivity (Wildman–Crippen MR) is 106 cm³/mol. The Morgan fingerprint density at radius 3 is 2.44 bits per heavy atom. The lowest BCUT2D eigenvalue weighted by Crippen LogP contribution is -2.47. The van der Waals surface area contributed by atoms with Crippen molar-refractivity contribution >= 4 is 5.91 Å². The molecule has 3 atom stereocenters. The third-order valence-corrected chi connectivity index (χ3v) is 6.18. The quantitative estimate of drug-likeness (QED) is 0.907. The van der Waals surface area contributed by atoms with Crippen LogP contribution in [-0.2, 0) is 4.74 Å². The Balaban J connectivity index is 1.20. The minimum absolute atomic E-state index is 0.0270. The summed E-state index contributed by atoms with van der Waals surface area (Å²) in [4.78, 5) is 15.2. The van der Waals surface area contributed by atoms with Crippen molar-refractivity contribution in [3.63, 3.8) is 0 Å². The second-order valence-electron chi connectivity index (χ2n) is 8.17. The topological polar surface area (TPSA) is 41.6 Å². The molecule has 2 aromatic carbocycles. The highest BCUT2D eigenvalue weighted by Crippen LogP contribution is 2.37. The number of nitrogens with zero attached hydrogens (tertiary/aromatic N) is 1. The molecule has 3 aliphatic rings. The zero-order chi connectivity index (χ0) is 18.2. The number of benzene rings is 2. The van der Waals surface area contributed by atoms with Gasteiger partial charge in [0.15, 0.2) is 0 Å². The van der Waals surface area contributed by atoms with Gasteiger partial charge >= 0.3 is 0 Å². The molecule has 2 heterocycles. The Kier molecular flexibility index (Phi) is 4.46. The zero-order valence-electron chi connectivity index (χ0n) is 15.5. The molecule has 2 saturated heterocycles. The van der Waals surface area contributed by atoms with Crippen LogP contribution in [0.2, 0.25) is 0 Å². The summed E-state index contributed by atoms with van der Waals surface area (Å²) in [6.07, 6.45) is 4.05. The van der Waals surface area contributed by atoms with Gasteiger partial charge in [-0.2, -0.15) is 0 Å². The van der Waals surface area contributed by atoms with E-state index in [1.807, 2.05) is 42.5 Å².